The normalized spacial score (nSPS) is 10.5. The molecule has 1 aromatic rings. The van der Waals surface area contributed by atoms with E-state index >= 15 is 0 Å². The lowest BCUT2D eigenvalue weighted by Gasteiger charge is -1.95. The summed E-state index contributed by atoms with van der Waals surface area (Å²) in [5.41, 5.74) is 0. The smallest absolute Gasteiger partial charge is 0.371 e. The van der Waals surface area contributed by atoms with E-state index in [9.17, 15) is 4.79 Å². The summed E-state index contributed by atoms with van der Waals surface area (Å²) < 4.78 is 9.90. The predicted octanol–water partition coefficient (Wildman–Crippen LogP) is 1.93. The molecule has 0 amide bonds. The Hall–Kier alpha value is -1.71. The SMILES string of the molecule is CC=CCOc1ccc(C(=O)O)o1. The Labute approximate surface area is 75.4 Å². The maximum absolute atomic E-state index is 10.4. The maximum Gasteiger partial charge on any atom is 0.371 e. The topological polar surface area (TPSA) is 59.7 Å². The molecule has 0 saturated carbocycles. The zero-order valence-electron chi connectivity index (χ0n) is 7.19. The van der Waals surface area contributed by atoms with Gasteiger partial charge in [0.1, 0.15) is 6.61 Å². The first-order valence-corrected chi connectivity index (χ1v) is 3.81. The molecule has 1 aromatic heterocycles. The van der Waals surface area contributed by atoms with Crippen LogP contribution in [0.5, 0.6) is 5.95 Å². The van der Waals surface area contributed by atoms with Crippen LogP contribution in [0.3, 0.4) is 0 Å². The number of hydrogen-bond acceptors (Lipinski definition) is 3. The molecule has 0 saturated heterocycles. The molecular formula is C9H10O4. The molecule has 0 radical (unpaired) electrons. The second-order valence-electron chi connectivity index (χ2n) is 2.30. The summed E-state index contributed by atoms with van der Waals surface area (Å²) in [4.78, 5) is 10.4. The lowest BCUT2D eigenvalue weighted by molar-refractivity contribution is 0.0654. The molecule has 1 heterocycles. The molecule has 70 valence electrons. The minimum absolute atomic E-state index is 0.115. The molecule has 1 rings (SSSR count). The van der Waals surface area contributed by atoms with Crippen molar-refractivity contribution < 1.29 is 19.1 Å². The van der Waals surface area contributed by atoms with E-state index < -0.39 is 5.97 Å². The molecule has 0 atom stereocenters. The molecule has 0 aliphatic carbocycles. The molecule has 4 nitrogen and oxygen atoms in total. The zero-order valence-corrected chi connectivity index (χ0v) is 7.19. The lowest BCUT2D eigenvalue weighted by Crippen LogP contribution is -1.93. The van der Waals surface area contributed by atoms with E-state index in [2.05, 4.69) is 0 Å². The molecule has 1 N–H and O–H groups in total. The number of furan rings is 1. The average Bonchev–Trinajstić information content (AvgIpc) is 2.53. The van der Waals surface area contributed by atoms with Crippen LogP contribution in [0.15, 0.2) is 28.7 Å². The van der Waals surface area contributed by atoms with Gasteiger partial charge in [-0.3, -0.25) is 0 Å². The first kappa shape index (κ1) is 9.38. The Kier molecular flexibility index (Phi) is 3.14. The van der Waals surface area contributed by atoms with Crippen molar-refractivity contribution in [1.82, 2.24) is 0 Å². The van der Waals surface area contributed by atoms with E-state index in [1.54, 1.807) is 6.08 Å². The summed E-state index contributed by atoms with van der Waals surface area (Å²) in [6, 6.07) is 2.83. The summed E-state index contributed by atoms with van der Waals surface area (Å²) in [6.45, 7) is 2.25. The molecule has 0 bridgehead atoms. The minimum atomic E-state index is -1.10. The number of carboxylic acid groups (broad SMARTS) is 1. The third-order valence-corrected chi connectivity index (χ3v) is 1.35. The van der Waals surface area contributed by atoms with Crippen molar-refractivity contribution in [2.45, 2.75) is 6.92 Å². The molecule has 0 unspecified atom stereocenters. The van der Waals surface area contributed by atoms with Gasteiger partial charge in [0.15, 0.2) is 0 Å². The number of aromatic carboxylic acids is 1. The van der Waals surface area contributed by atoms with Gasteiger partial charge in [-0.2, -0.15) is 0 Å². The molecule has 4 heteroatoms. The number of hydrogen-bond donors (Lipinski definition) is 1. The highest BCUT2D eigenvalue weighted by atomic mass is 16.6. The Balaban J connectivity index is 2.54. The van der Waals surface area contributed by atoms with Crippen LogP contribution in [0.2, 0.25) is 0 Å². The van der Waals surface area contributed by atoms with E-state index in [0.29, 0.717) is 6.61 Å². The van der Waals surface area contributed by atoms with Crippen LogP contribution in [0.25, 0.3) is 0 Å². The van der Waals surface area contributed by atoms with E-state index in [1.165, 1.54) is 12.1 Å². The van der Waals surface area contributed by atoms with Gasteiger partial charge in [0, 0.05) is 6.07 Å². The predicted molar refractivity (Wildman–Crippen MR) is 46.0 cm³/mol. The van der Waals surface area contributed by atoms with Gasteiger partial charge >= 0.3 is 5.97 Å². The number of carbonyl (C=O) groups is 1. The Morgan fingerprint density at radius 2 is 2.46 bits per heavy atom. The van der Waals surface area contributed by atoms with Crippen LogP contribution in [0.1, 0.15) is 17.5 Å². The highest BCUT2D eigenvalue weighted by Gasteiger charge is 2.08. The highest BCUT2D eigenvalue weighted by molar-refractivity contribution is 5.84. The first-order valence-electron chi connectivity index (χ1n) is 3.81. The van der Waals surface area contributed by atoms with Crippen molar-refractivity contribution in [2.75, 3.05) is 6.61 Å². The Morgan fingerprint density at radius 3 is 3.00 bits per heavy atom. The summed E-state index contributed by atoms with van der Waals surface area (Å²) >= 11 is 0. The molecule has 0 aliphatic rings. The van der Waals surface area contributed by atoms with Gasteiger partial charge in [-0.15, -0.1) is 0 Å². The second kappa shape index (κ2) is 4.35. The lowest BCUT2D eigenvalue weighted by atomic mass is 10.5. The summed E-state index contributed by atoms with van der Waals surface area (Å²) in [7, 11) is 0. The summed E-state index contributed by atoms with van der Waals surface area (Å²) in [6.07, 6.45) is 3.63. The van der Waals surface area contributed by atoms with E-state index in [0.717, 1.165) is 0 Å². The van der Waals surface area contributed by atoms with E-state index in [-0.39, 0.29) is 11.7 Å². The van der Waals surface area contributed by atoms with Crippen molar-refractivity contribution in [1.29, 1.82) is 0 Å². The fourth-order valence-electron chi connectivity index (χ4n) is 0.739. The highest BCUT2D eigenvalue weighted by Crippen LogP contribution is 2.15. The Bertz CT molecular complexity index is 311. The van der Waals surface area contributed by atoms with E-state index in [1.807, 2.05) is 13.0 Å². The summed E-state index contributed by atoms with van der Waals surface area (Å²) in [5, 5.41) is 8.51. The van der Waals surface area contributed by atoms with Gasteiger partial charge in [0.25, 0.3) is 5.95 Å². The van der Waals surface area contributed by atoms with Crippen molar-refractivity contribution in [3.63, 3.8) is 0 Å². The molecular weight excluding hydrogens is 172 g/mol. The number of carboxylic acids is 1. The van der Waals surface area contributed by atoms with Gasteiger partial charge in [0.05, 0.1) is 0 Å². The molecule has 13 heavy (non-hydrogen) atoms. The van der Waals surface area contributed by atoms with Gasteiger partial charge in [0.2, 0.25) is 5.76 Å². The zero-order chi connectivity index (χ0) is 9.68. The van der Waals surface area contributed by atoms with Crippen LogP contribution in [0.4, 0.5) is 0 Å². The third-order valence-electron chi connectivity index (χ3n) is 1.35. The first-order chi connectivity index (χ1) is 6.24. The van der Waals surface area contributed by atoms with Crippen molar-refractivity contribution in [3.05, 3.63) is 30.0 Å². The summed E-state index contributed by atoms with van der Waals surface area (Å²) in [5.74, 6) is -0.994. The molecule has 0 aromatic carbocycles. The van der Waals surface area contributed by atoms with Gasteiger partial charge in [-0.25, -0.2) is 4.79 Å². The van der Waals surface area contributed by atoms with E-state index in [4.69, 9.17) is 14.3 Å². The second-order valence-corrected chi connectivity index (χ2v) is 2.30. The molecule has 0 aliphatic heterocycles. The third kappa shape index (κ3) is 2.66. The van der Waals surface area contributed by atoms with Crippen LogP contribution in [-0.2, 0) is 0 Å². The van der Waals surface area contributed by atoms with Gasteiger partial charge < -0.3 is 14.3 Å². The largest absolute Gasteiger partial charge is 0.475 e. The molecule has 0 fully saturated rings. The molecule has 0 spiro atoms. The van der Waals surface area contributed by atoms with Crippen LogP contribution < -0.4 is 4.74 Å². The monoisotopic (exact) mass is 182 g/mol. The minimum Gasteiger partial charge on any atom is -0.475 e. The van der Waals surface area contributed by atoms with Crippen LogP contribution in [-0.4, -0.2) is 17.7 Å². The van der Waals surface area contributed by atoms with Crippen LogP contribution in [0, 0.1) is 0 Å². The quantitative estimate of drug-likeness (QED) is 0.723. The van der Waals surface area contributed by atoms with Crippen molar-refractivity contribution in [2.24, 2.45) is 0 Å². The number of rotatable bonds is 4. The fourth-order valence-corrected chi connectivity index (χ4v) is 0.739. The number of allylic oxidation sites excluding steroid dienone is 1. The van der Waals surface area contributed by atoms with Gasteiger partial charge in [-0.1, -0.05) is 12.2 Å². The van der Waals surface area contributed by atoms with Gasteiger partial charge in [-0.05, 0) is 13.0 Å². The van der Waals surface area contributed by atoms with Crippen molar-refractivity contribution in [3.8, 4) is 5.95 Å². The fraction of sp³-hybridized carbons (Fsp3) is 0.222. The van der Waals surface area contributed by atoms with Crippen LogP contribution >= 0.6 is 0 Å². The average molecular weight is 182 g/mol. The maximum atomic E-state index is 10.4. The number of ether oxygens (including phenoxy) is 1. The standard InChI is InChI=1S/C9H10O4/c1-2-3-6-12-8-5-4-7(13-8)9(10)11/h2-5H,6H2,1H3,(H,10,11). The Morgan fingerprint density at radius 1 is 1.69 bits per heavy atom. The van der Waals surface area contributed by atoms with Crippen molar-refractivity contribution >= 4 is 5.97 Å².